The van der Waals surface area contributed by atoms with Gasteiger partial charge in [0.05, 0.1) is 7.11 Å². The lowest BCUT2D eigenvalue weighted by atomic mass is 9.89. The second-order valence-corrected chi connectivity index (χ2v) is 4.81. The number of rotatable bonds is 4. The molecule has 94 valence electrons. The first-order valence-corrected chi connectivity index (χ1v) is 6.52. The fourth-order valence-electron chi connectivity index (χ4n) is 2.81. The van der Waals surface area contributed by atoms with Gasteiger partial charge in [0.15, 0.2) is 0 Å². The Morgan fingerprint density at radius 2 is 2.12 bits per heavy atom. The molecule has 0 amide bonds. The maximum Gasteiger partial charge on any atom is 0.326 e. The van der Waals surface area contributed by atoms with Crippen LogP contribution in [0.4, 0.5) is 0 Å². The van der Waals surface area contributed by atoms with E-state index < -0.39 is 5.54 Å². The van der Waals surface area contributed by atoms with Crippen LogP contribution in [0.2, 0.25) is 0 Å². The molecule has 16 heavy (non-hydrogen) atoms. The number of methoxy groups -OCH3 is 1. The highest BCUT2D eigenvalue weighted by molar-refractivity contribution is 5.80. The lowest BCUT2D eigenvalue weighted by molar-refractivity contribution is -0.149. The number of esters is 1. The highest BCUT2D eigenvalue weighted by Crippen LogP contribution is 2.32. The van der Waals surface area contributed by atoms with E-state index in [2.05, 4.69) is 12.2 Å². The van der Waals surface area contributed by atoms with Gasteiger partial charge in [0, 0.05) is 0 Å². The molecule has 1 N–H and O–H groups in total. The van der Waals surface area contributed by atoms with E-state index in [1.165, 1.54) is 20.0 Å². The van der Waals surface area contributed by atoms with Gasteiger partial charge in [0.2, 0.25) is 0 Å². The smallest absolute Gasteiger partial charge is 0.326 e. The van der Waals surface area contributed by atoms with Crippen LogP contribution in [-0.2, 0) is 9.53 Å². The van der Waals surface area contributed by atoms with E-state index in [0.717, 1.165) is 38.1 Å². The third-order valence-electron chi connectivity index (χ3n) is 3.86. The summed E-state index contributed by atoms with van der Waals surface area (Å²) in [6, 6.07) is 0. The van der Waals surface area contributed by atoms with Crippen molar-refractivity contribution in [3.63, 3.8) is 0 Å². The summed E-state index contributed by atoms with van der Waals surface area (Å²) in [5, 5.41) is 3.36. The Bertz CT molecular complexity index is 230. The number of ether oxygens (including phenoxy) is 1. The van der Waals surface area contributed by atoms with Gasteiger partial charge in [-0.2, -0.15) is 0 Å². The molecule has 2 atom stereocenters. The van der Waals surface area contributed by atoms with Crippen LogP contribution in [0.1, 0.15) is 52.4 Å². The minimum atomic E-state index is -0.409. The molecular formula is C13H25NO2. The Hall–Kier alpha value is -0.570. The molecule has 0 aliphatic heterocycles. The Kier molecular flexibility index (Phi) is 5.26. The van der Waals surface area contributed by atoms with Crippen molar-refractivity contribution in [3.8, 4) is 0 Å². The van der Waals surface area contributed by atoms with Crippen molar-refractivity contribution in [1.82, 2.24) is 5.32 Å². The molecule has 3 nitrogen and oxygen atoms in total. The zero-order valence-corrected chi connectivity index (χ0v) is 10.8. The molecule has 0 bridgehead atoms. The van der Waals surface area contributed by atoms with Crippen molar-refractivity contribution >= 4 is 5.97 Å². The Labute approximate surface area is 98.9 Å². The average Bonchev–Trinajstić information content (AvgIpc) is 2.52. The first kappa shape index (κ1) is 13.5. The minimum absolute atomic E-state index is 0.0777. The lowest BCUT2D eigenvalue weighted by Gasteiger charge is -2.30. The number of likely N-dealkylation sites (N-methyl/N-ethyl adjacent to an activating group) is 1. The fourth-order valence-corrected chi connectivity index (χ4v) is 2.81. The lowest BCUT2D eigenvalue weighted by Crippen LogP contribution is -2.52. The highest BCUT2D eigenvalue weighted by Gasteiger charge is 2.39. The molecular weight excluding hydrogens is 202 g/mol. The molecule has 0 aromatic rings. The second-order valence-electron chi connectivity index (χ2n) is 4.81. The maximum atomic E-state index is 11.9. The predicted octanol–water partition coefficient (Wildman–Crippen LogP) is 2.50. The predicted molar refractivity (Wildman–Crippen MR) is 65.3 cm³/mol. The molecule has 0 aromatic heterocycles. The van der Waals surface area contributed by atoms with Gasteiger partial charge in [-0.3, -0.25) is 4.79 Å². The normalized spacial score (nSPS) is 30.8. The van der Waals surface area contributed by atoms with E-state index in [4.69, 9.17) is 4.74 Å². The molecule has 0 spiro atoms. The van der Waals surface area contributed by atoms with Crippen LogP contribution >= 0.6 is 0 Å². The summed E-state index contributed by atoms with van der Waals surface area (Å²) in [5.41, 5.74) is -0.409. The van der Waals surface area contributed by atoms with Gasteiger partial charge < -0.3 is 10.1 Å². The summed E-state index contributed by atoms with van der Waals surface area (Å²) >= 11 is 0. The van der Waals surface area contributed by atoms with Crippen molar-refractivity contribution < 1.29 is 9.53 Å². The third kappa shape index (κ3) is 2.97. The van der Waals surface area contributed by atoms with E-state index in [1.807, 2.05) is 6.92 Å². The van der Waals surface area contributed by atoms with Crippen molar-refractivity contribution in [1.29, 1.82) is 0 Å². The van der Waals surface area contributed by atoms with Gasteiger partial charge in [-0.25, -0.2) is 0 Å². The molecule has 0 aromatic carbocycles. The zero-order valence-electron chi connectivity index (χ0n) is 10.8. The van der Waals surface area contributed by atoms with Crippen LogP contribution in [0, 0.1) is 5.92 Å². The summed E-state index contributed by atoms with van der Waals surface area (Å²) in [6.45, 7) is 5.11. The van der Waals surface area contributed by atoms with E-state index in [-0.39, 0.29) is 5.97 Å². The number of nitrogens with one attached hydrogen (secondary N) is 1. The quantitative estimate of drug-likeness (QED) is 0.592. The monoisotopic (exact) mass is 227 g/mol. The van der Waals surface area contributed by atoms with Crippen LogP contribution in [0.5, 0.6) is 0 Å². The maximum absolute atomic E-state index is 11.9. The Morgan fingerprint density at radius 1 is 1.38 bits per heavy atom. The molecule has 1 aliphatic rings. The molecule has 1 saturated carbocycles. The number of hydrogen-bond acceptors (Lipinski definition) is 3. The fraction of sp³-hybridized carbons (Fsp3) is 0.923. The van der Waals surface area contributed by atoms with Crippen LogP contribution in [0.15, 0.2) is 0 Å². The average molecular weight is 227 g/mol. The number of carbonyl (C=O) groups is 1. The van der Waals surface area contributed by atoms with Gasteiger partial charge >= 0.3 is 5.97 Å². The Balaban J connectivity index is 2.73. The summed E-state index contributed by atoms with van der Waals surface area (Å²) in [6.07, 6.45) is 6.58. The van der Waals surface area contributed by atoms with E-state index in [9.17, 15) is 4.79 Å². The standard InChI is InChI=1S/C13H25NO2/c1-4-11-7-6-9-13(10-8-11,14-5-2)12(15)16-3/h11,14H,4-10H2,1-3H3. The van der Waals surface area contributed by atoms with E-state index >= 15 is 0 Å². The number of hydrogen-bond donors (Lipinski definition) is 1. The second kappa shape index (κ2) is 6.24. The van der Waals surface area contributed by atoms with Gasteiger partial charge in [-0.05, 0) is 31.7 Å². The van der Waals surface area contributed by atoms with Crippen LogP contribution in [0.25, 0.3) is 0 Å². The van der Waals surface area contributed by atoms with Crippen LogP contribution < -0.4 is 5.32 Å². The summed E-state index contributed by atoms with van der Waals surface area (Å²) in [7, 11) is 1.49. The molecule has 1 rings (SSSR count). The van der Waals surface area contributed by atoms with Crippen molar-refractivity contribution in [2.75, 3.05) is 13.7 Å². The molecule has 2 unspecified atom stereocenters. The number of carbonyl (C=O) groups excluding carboxylic acids is 1. The first-order valence-electron chi connectivity index (χ1n) is 6.52. The molecule has 0 radical (unpaired) electrons. The van der Waals surface area contributed by atoms with Crippen molar-refractivity contribution in [2.45, 2.75) is 57.9 Å². The van der Waals surface area contributed by atoms with Crippen molar-refractivity contribution in [2.24, 2.45) is 5.92 Å². The first-order chi connectivity index (χ1) is 7.68. The summed E-state index contributed by atoms with van der Waals surface area (Å²) in [5.74, 6) is 0.705. The third-order valence-corrected chi connectivity index (χ3v) is 3.86. The Morgan fingerprint density at radius 3 is 2.69 bits per heavy atom. The van der Waals surface area contributed by atoms with Crippen LogP contribution in [-0.4, -0.2) is 25.2 Å². The van der Waals surface area contributed by atoms with Gasteiger partial charge in [0.1, 0.15) is 5.54 Å². The largest absolute Gasteiger partial charge is 0.468 e. The molecule has 0 heterocycles. The van der Waals surface area contributed by atoms with Gasteiger partial charge in [-0.15, -0.1) is 0 Å². The molecule has 1 aliphatic carbocycles. The highest BCUT2D eigenvalue weighted by atomic mass is 16.5. The van der Waals surface area contributed by atoms with E-state index in [0.29, 0.717) is 0 Å². The van der Waals surface area contributed by atoms with Crippen molar-refractivity contribution in [3.05, 3.63) is 0 Å². The molecule has 1 fully saturated rings. The zero-order chi connectivity index (χ0) is 12.0. The SMILES string of the molecule is CCNC1(C(=O)OC)CCCC(CC)CC1. The molecule has 3 heteroatoms. The topological polar surface area (TPSA) is 38.3 Å². The summed E-state index contributed by atoms with van der Waals surface area (Å²) in [4.78, 5) is 11.9. The van der Waals surface area contributed by atoms with E-state index in [1.54, 1.807) is 0 Å². The van der Waals surface area contributed by atoms with Crippen LogP contribution in [0.3, 0.4) is 0 Å². The summed E-state index contributed by atoms with van der Waals surface area (Å²) < 4.78 is 4.97. The molecule has 0 saturated heterocycles. The van der Waals surface area contributed by atoms with Gasteiger partial charge in [-0.1, -0.05) is 33.1 Å². The van der Waals surface area contributed by atoms with Gasteiger partial charge in [0.25, 0.3) is 0 Å². The minimum Gasteiger partial charge on any atom is -0.468 e.